The van der Waals surface area contributed by atoms with Crippen molar-refractivity contribution in [2.24, 2.45) is 5.73 Å². The summed E-state index contributed by atoms with van der Waals surface area (Å²) >= 11 is 0. The van der Waals surface area contributed by atoms with E-state index in [9.17, 15) is 0 Å². The summed E-state index contributed by atoms with van der Waals surface area (Å²) in [7, 11) is 1.94. The van der Waals surface area contributed by atoms with Gasteiger partial charge in [0.05, 0.1) is 0 Å². The van der Waals surface area contributed by atoms with E-state index in [2.05, 4.69) is 30.4 Å². The molecule has 0 amide bonds. The van der Waals surface area contributed by atoms with Crippen LogP contribution in [0.15, 0.2) is 18.2 Å². The Kier molecular flexibility index (Phi) is 3.11. The lowest BCUT2D eigenvalue weighted by Crippen LogP contribution is -2.05. The van der Waals surface area contributed by atoms with Gasteiger partial charge in [-0.2, -0.15) is 0 Å². The second-order valence-electron chi connectivity index (χ2n) is 2.95. The van der Waals surface area contributed by atoms with E-state index in [0.717, 1.165) is 6.42 Å². The Hall–Kier alpha value is -1.02. The van der Waals surface area contributed by atoms with Gasteiger partial charge in [0, 0.05) is 12.7 Å². The summed E-state index contributed by atoms with van der Waals surface area (Å²) in [4.78, 5) is 0. The van der Waals surface area contributed by atoms with Crippen LogP contribution in [0, 0.1) is 6.92 Å². The molecule has 0 saturated heterocycles. The van der Waals surface area contributed by atoms with Crippen LogP contribution >= 0.6 is 0 Å². The summed E-state index contributed by atoms with van der Waals surface area (Å²) in [6, 6.07) is 6.38. The molecular weight excluding hydrogens is 148 g/mol. The van der Waals surface area contributed by atoms with Crippen molar-refractivity contribution in [3.63, 3.8) is 0 Å². The van der Waals surface area contributed by atoms with Gasteiger partial charge >= 0.3 is 0 Å². The molecule has 0 atom stereocenters. The van der Waals surface area contributed by atoms with Gasteiger partial charge in [0.2, 0.25) is 0 Å². The summed E-state index contributed by atoms with van der Waals surface area (Å²) in [5.74, 6) is 0. The van der Waals surface area contributed by atoms with Crippen molar-refractivity contribution in [2.75, 3.05) is 18.9 Å². The van der Waals surface area contributed by atoms with E-state index in [0.29, 0.717) is 6.54 Å². The van der Waals surface area contributed by atoms with E-state index in [4.69, 9.17) is 5.73 Å². The molecule has 12 heavy (non-hydrogen) atoms. The van der Waals surface area contributed by atoms with Crippen LogP contribution in [-0.2, 0) is 6.42 Å². The molecule has 0 heterocycles. The molecule has 0 aliphatic carbocycles. The molecule has 0 bridgehead atoms. The first-order valence-electron chi connectivity index (χ1n) is 4.25. The number of hydrogen-bond acceptors (Lipinski definition) is 2. The Morgan fingerprint density at radius 3 is 2.75 bits per heavy atom. The van der Waals surface area contributed by atoms with E-state index in [1.807, 2.05) is 7.05 Å². The summed E-state index contributed by atoms with van der Waals surface area (Å²) < 4.78 is 0. The van der Waals surface area contributed by atoms with Gasteiger partial charge < -0.3 is 11.1 Å². The molecule has 0 radical (unpaired) electrons. The monoisotopic (exact) mass is 164 g/mol. The lowest BCUT2D eigenvalue weighted by Gasteiger charge is -2.08. The number of benzene rings is 1. The summed E-state index contributed by atoms with van der Waals surface area (Å²) in [6.45, 7) is 2.80. The van der Waals surface area contributed by atoms with Crippen LogP contribution in [0.2, 0.25) is 0 Å². The highest BCUT2D eigenvalue weighted by atomic mass is 14.8. The van der Waals surface area contributed by atoms with Crippen LogP contribution in [-0.4, -0.2) is 13.6 Å². The fourth-order valence-corrected chi connectivity index (χ4v) is 1.33. The molecular formula is C10H16N2. The molecule has 1 rings (SSSR count). The lowest BCUT2D eigenvalue weighted by atomic mass is 10.1. The summed E-state index contributed by atoms with van der Waals surface area (Å²) in [6.07, 6.45) is 0.942. The lowest BCUT2D eigenvalue weighted by molar-refractivity contribution is 0.967. The summed E-state index contributed by atoms with van der Waals surface area (Å²) in [5.41, 5.74) is 9.29. The largest absolute Gasteiger partial charge is 0.388 e. The molecule has 0 spiro atoms. The maximum Gasteiger partial charge on any atom is 0.0370 e. The van der Waals surface area contributed by atoms with E-state index >= 15 is 0 Å². The molecule has 2 heteroatoms. The zero-order chi connectivity index (χ0) is 8.97. The maximum atomic E-state index is 5.51. The normalized spacial score (nSPS) is 9.92. The first-order chi connectivity index (χ1) is 5.77. The zero-order valence-corrected chi connectivity index (χ0v) is 7.72. The molecule has 0 saturated carbocycles. The Bertz CT molecular complexity index is 256. The van der Waals surface area contributed by atoms with E-state index in [-0.39, 0.29) is 0 Å². The van der Waals surface area contributed by atoms with Crippen molar-refractivity contribution in [1.29, 1.82) is 0 Å². The number of hydrogen-bond donors (Lipinski definition) is 2. The smallest absolute Gasteiger partial charge is 0.0370 e. The third-order valence-electron chi connectivity index (χ3n) is 1.94. The van der Waals surface area contributed by atoms with Crippen LogP contribution in [0.4, 0.5) is 5.69 Å². The number of rotatable bonds is 3. The van der Waals surface area contributed by atoms with E-state index in [1.165, 1.54) is 16.8 Å². The Labute approximate surface area is 73.8 Å². The Balaban J connectivity index is 2.95. The van der Waals surface area contributed by atoms with Gasteiger partial charge in [0.25, 0.3) is 0 Å². The molecule has 0 fully saturated rings. The maximum absolute atomic E-state index is 5.51. The van der Waals surface area contributed by atoms with Crippen molar-refractivity contribution >= 4 is 5.69 Å². The van der Waals surface area contributed by atoms with Gasteiger partial charge in [-0.3, -0.25) is 0 Å². The van der Waals surface area contributed by atoms with Crippen molar-refractivity contribution < 1.29 is 0 Å². The number of anilines is 1. The SMILES string of the molecule is CNc1ccc(C)cc1CCN. The first kappa shape index (κ1) is 9.07. The molecule has 0 aliphatic heterocycles. The topological polar surface area (TPSA) is 38.0 Å². The Morgan fingerprint density at radius 1 is 1.42 bits per heavy atom. The highest BCUT2D eigenvalue weighted by Gasteiger charge is 1.98. The highest BCUT2D eigenvalue weighted by molar-refractivity contribution is 5.52. The quantitative estimate of drug-likeness (QED) is 0.711. The van der Waals surface area contributed by atoms with Crippen LogP contribution in [0.3, 0.4) is 0 Å². The number of nitrogens with two attached hydrogens (primary N) is 1. The van der Waals surface area contributed by atoms with Gasteiger partial charge in [-0.25, -0.2) is 0 Å². The predicted molar refractivity (Wildman–Crippen MR) is 53.5 cm³/mol. The molecule has 0 unspecified atom stereocenters. The van der Waals surface area contributed by atoms with Crippen molar-refractivity contribution in [1.82, 2.24) is 0 Å². The molecule has 1 aromatic carbocycles. The molecule has 3 N–H and O–H groups in total. The van der Waals surface area contributed by atoms with Crippen molar-refractivity contribution in [3.8, 4) is 0 Å². The summed E-state index contributed by atoms with van der Waals surface area (Å²) in [5, 5.41) is 3.15. The predicted octanol–water partition coefficient (Wildman–Crippen LogP) is 1.54. The second-order valence-corrected chi connectivity index (χ2v) is 2.95. The van der Waals surface area contributed by atoms with Crippen molar-refractivity contribution in [2.45, 2.75) is 13.3 Å². The molecule has 2 nitrogen and oxygen atoms in total. The third-order valence-corrected chi connectivity index (χ3v) is 1.94. The van der Waals surface area contributed by atoms with Crippen LogP contribution in [0.1, 0.15) is 11.1 Å². The van der Waals surface area contributed by atoms with Crippen LogP contribution in [0.25, 0.3) is 0 Å². The van der Waals surface area contributed by atoms with Gasteiger partial charge in [-0.1, -0.05) is 17.7 Å². The second kappa shape index (κ2) is 4.12. The fraction of sp³-hybridized carbons (Fsp3) is 0.400. The average molecular weight is 164 g/mol. The number of nitrogens with one attached hydrogen (secondary N) is 1. The molecule has 1 aromatic rings. The number of aryl methyl sites for hydroxylation is 1. The molecule has 0 aromatic heterocycles. The van der Waals surface area contributed by atoms with Gasteiger partial charge in [-0.05, 0) is 31.5 Å². The van der Waals surface area contributed by atoms with Crippen LogP contribution in [0.5, 0.6) is 0 Å². The zero-order valence-electron chi connectivity index (χ0n) is 7.72. The Morgan fingerprint density at radius 2 is 2.17 bits per heavy atom. The van der Waals surface area contributed by atoms with Gasteiger partial charge in [0.15, 0.2) is 0 Å². The van der Waals surface area contributed by atoms with Gasteiger partial charge in [0.1, 0.15) is 0 Å². The molecule has 66 valence electrons. The average Bonchev–Trinajstić information content (AvgIpc) is 2.05. The highest BCUT2D eigenvalue weighted by Crippen LogP contribution is 2.16. The van der Waals surface area contributed by atoms with Gasteiger partial charge in [-0.15, -0.1) is 0 Å². The minimum Gasteiger partial charge on any atom is -0.388 e. The first-order valence-corrected chi connectivity index (χ1v) is 4.25. The fourth-order valence-electron chi connectivity index (χ4n) is 1.33. The van der Waals surface area contributed by atoms with Crippen molar-refractivity contribution in [3.05, 3.63) is 29.3 Å². The minimum atomic E-state index is 0.706. The van der Waals surface area contributed by atoms with E-state index < -0.39 is 0 Å². The van der Waals surface area contributed by atoms with Crippen LogP contribution < -0.4 is 11.1 Å². The minimum absolute atomic E-state index is 0.706. The van der Waals surface area contributed by atoms with E-state index in [1.54, 1.807) is 0 Å². The standard InChI is InChI=1S/C10H16N2/c1-8-3-4-10(12-2)9(7-8)5-6-11/h3-4,7,12H,5-6,11H2,1-2H3. The molecule has 0 aliphatic rings. The third kappa shape index (κ3) is 1.98.